The standard InChI is InChI=1S/C27H27ClF2N6O2/c1-17-14-22(36(34-17)16-23(29)30)25(37)33-20-9-13-35(15-19(20)18-6-3-2-4-7-18)26(38)27(28)10-5-8-21-24(27)32-12-11-31-21/h2-8,11-12,14,19-20,23H,9-10,13,15-16H2,1H3,(H,33,37)/t19-,20-,27?/m1/s1. The monoisotopic (exact) mass is 540 g/mol. The average molecular weight is 541 g/mol. The van der Waals surface area contributed by atoms with Crippen molar-refractivity contribution in [2.75, 3.05) is 13.1 Å². The van der Waals surface area contributed by atoms with E-state index in [1.165, 1.54) is 12.3 Å². The number of nitrogens with zero attached hydrogens (tertiary/aromatic N) is 5. The Morgan fingerprint density at radius 2 is 1.97 bits per heavy atom. The zero-order chi connectivity index (χ0) is 26.9. The summed E-state index contributed by atoms with van der Waals surface area (Å²) in [5.41, 5.74) is 2.51. The first-order valence-electron chi connectivity index (χ1n) is 12.4. The molecule has 1 aliphatic heterocycles. The second kappa shape index (κ2) is 10.6. The summed E-state index contributed by atoms with van der Waals surface area (Å²) in [6, 6.07) is 10.8. The predicted octanol–water partition coefficient (Wildman–Crippen LogP) is 3.91. The van der Waals surface area contributed by atoms with E-state index in [0.717, 1.165) is 10.2 Å². The summed E-state index contributed by atoms with van der Waals surface area (Å²) in [5.74, 6) is -0.986. The van der Waals surface area contributed by atoms with Crippen molar-refractivity contribution >= 4 is 29.5 Å². The zero-order valence-electron chi connectivity index (χ0n) is 20.7. The first-order valence-corrected chi connectivity index (χ1v) is 12.8. The first kappa shape index (κ1) is 26.0. The van der Waals surface area contributed by atoms with Gasteiger partial charge in [0.25, 0.3) is 12.3 Å². The number of carbonyl (C=O) groups excluding carboxylic acids is 2. The van der Waals surface area contributed by atoms with Crippen LogP contribution in [0.5, 0.6) is 0 Å². The van der Waals surface area contributed by atoms with Crippen LogP contribution in [0.1, 0.15) is 51.9 Å². The lowest BCUT2D eigenvalue weighted by molar-refractivity contribution is -0.136. The van der Waals surface area contributed by atoms with E-state index in [4.69, 9.17) is 11.6 Å². The number of halogens is 3. The van der Waals surface area contributed by atoms with E-state index in [1.54, 1.807) is 18.0 Å². The quantitative estimate of drug-likeness (QED) is 0.479. The molecule has 1 N–H and O–H groups in total. The molecule has 11 heteroatoms. The SMILES string of the molecule is Cc1cc(C(=O)N[C@@H]2CCN(C(=O)C3(Cl)CC=Cc4nccnc43)C[C@@H]2c2ccccc2)n(CC(F)F)n1. The Kier molecular flexibility index (Phi) is 7.25. The third kappa shape index (κ3) is 5.05. The van der Waals surface area contributed by atoms with Gasteiger partial charge in [-0.1, -0.05) is 36.4 Å². The van der Waals surface area contributed by atoms with Gasteiger partial charge in [-0.3, -0.25) is 24.2 Å². The molecule has 5 rings (SSSR count). The molecule has 0 bridgehead atoms. The molecule has 1 fully saturated rings. The third-order valence-electron chi connectivity index (χ3n) is 7.01. The van der Waals surface area contributed by atoms with Crippen molar-refractivity contribution in [3.63, 3.8) is 0 Å². The first-order chi connectivity index (χ1) is 18.3. The normalized spacial score (nSPS) is 22.8. The summed E-state index contributed by atoms with van der Waals surface area (Å²) in [6.07, 6.45) is 4.83. The topological polar surface area (TPSA) is 93.0 Å². The lowest BCUT2D eigenvalue weighted by atomic mass is 9.84. The zero-order valence-corrected chi connectivity index (χ0v) is 21.5. The van der Waals surface area contributed by atoms with E-state index >= 15 is 0 Å². The Bertz CT molecular complexity index is 1360. The van der Waals surface area contributed by atoms with Crippen molar-refractivity contribution in [2.45, 2.75) is 49.6 Å². The highest BCUT2D eigenvalue weighted by molar-refractivity contribution is 6.35. The molecule has 2 aromatic heterocycles. The number of hydrogen-bond donors (Lipinski definition) is 1. The summed E-state index contributed by atoms with van der Waals surface area (Å²) in [7, 11) is 0. The fraction of sp³-hybridized carbons (Fsp3) is 0.370. The highest BCUT2D eigenvalue weighted by atomic mass is 35.5. The number of aryl methyl sites for hydroxylation is 1. The van der Waals surface area contributed by atoms with Crippen molar-refractivity contribution in [3.05, 3.63) is 83.2 Å². The fourth-order valence-electron chi connectivity index (χ4n) is 5.23. The fourth-order valence-corrected chi connectivity index (χ4v) is 5.59. The van der Waals surface area contributed by atoms with E-state index < -0.39 is 23.8 Å². The maximum atomic E-state index is 13.8. The van der Waals surface area contributed by atoms with Gasteiger partial charge in [-0.25, -0.2) is 8.78 Å². The van der Waals surface area contributed by atoms with E-state index in [-0.39, 0.29) is 23.6 Å². The lowest BCUT2D eigenvalue weighted by Gasteiger charge is -2.42. The highest BCUT2D eigenvalue weighted by Crippen LogP contribution is 2.40. The van der Waals surface area contributed by atoms with Gasteiger partial charge in [-0.15, -0.1) is 11.6 Å². The molecule has 1 aliphatic carbocycles. The second-order valence-electron chi connectivity index (χ2n) is 9.58. The Hall–Kier alpha value is -3.66. The van der Waals surface area contributed by atoms with Gasteiger partial charge in [0.15, 0.2) is 4.87 Å². The van der Waals surface area contributed by atoms with Crippen LogP contribution in [0.25, 0.3) is 6.08 Å². The molecule has 0 radical (unpaired) electrons. The molecule has 1 unspecified atom stereocenters. The van der Waals surface area contributed by atoms with E-state index in [2.05, 4.69) is 20.4 Å². The summed E-state index contributed by atoms with van der Waals surface area (Å²) in [4.78, 5) is 36.1. The number of fused-ring (bicyclic) bond motifs is 1. The third-order valence-corrected chi connectivity index (χ3v) is 7.50. The highest BCUT2D eigenvalue weighted by Gasteiger charge is 2.46. The minimum atomic E-state index is -2.64. The van der Waals surface area contributed by atoms with Crippen LogP contribution < -0.4 is 5.32 Å². The van der Waals surface area contributed by atoms with Gasteiger partial charge in [0.2, 0.25) is 5.91 Å². The van der Waals surface area contributed by atoms with E-state index in [1.807, 2.05) is 42.5 Å². The molecule has 38 heavy (non-hydrogen) atoms. The van der Waals surface area contributed by atoms with Gasteiger partial charge >= 0.3 is 0 Å². The molecule has 1 aromatic carbocycles. The molecule has 2 amide bonds. The number of allylic oxidation sites excluding steroid dienone is 1. The van der Waals surface area contributed by atoms with Crippen molar-refractivity contribution < 1.29 is 18.4 Å². The van der Waals surface area contributed by atoms with Crippen LogP contribution in [0.3, 0.4) is 0 Å². The van der Waals surface area contributed by atoms with Crippen LogP contribution >= 0.6 is 11.6 Å². The van der Waals surface area contributed by atoms with Crippen LogP contribution in [-0.4, -0.2) is 62.0 Å². The number of nitrogens with one attached hydrogen (secondary N) is 1. The number of piperidine rings is 1. The van der Waals surface area contributed by atoms with Crippen LogP contribution in [0.2, 0.25) is 0 Å². The van der Waals surface area contributed by atoms with Gasteiger partial charge in [0, 0.05) is 37.4 Å². The van der Waals surface area contributed by atoms with Gasteiger partial charge in [-0.2, -0.15) is 5.10 Å². The molecule has 3 aromatic rings. The second-order valence-corrected chi connectivity index (χ2v) is 10.2. The average Bonchev–Trinajstić information content (AvgIpc) is 3.28. The van der Waals surface area contributed by atoms with Crippen molar-refractivity contribution in [3.8, 4) is 0 Å². The molecule has 3 heterocycles. The van der Waals surface area contributed by atoms with E-state index in [0.29, 0.717) is 43.0 Å². The number of rotatable bonds is 6. The molecular formula is C27H27ClF2N6O2. The van der Waals surface area contributed by atoms with Crippen LogP contribution in [0.4, 0.5) is 8.78 Å². The summed E-state index contributed by atoms with van der Waals surface area (Å²) in [5, 5.41) is 7.07. The van der Waals surface area contributed by atoms with Gasteiger partial charge in [0.1, 0.15) is 12.2 Å². The van der Waals surface area contributed by atoms with Gasteiger partial charge < -0.3 is 10.2 Å². The Morgan fingerprint density at radius 1 is 1.21 bits per heavy atom. The number of alkyl halides is 3. The molecule has 0 spiro atoms. The van der Waals surface area contributed by atoms with Crippen LogP contribution in [0.15, 0.2) is 54.9 Å². The number of likely N-dealkylation sites (tertiary alicyclic amines) is 1. The van der Waals surface area contributed by atoms with Crippen molar-refractivity contribution in [1.29, 1.82) is 0 Å². The van der Waals surface area contributed by atoms with Crippen LogP contribution in [-0.2, 0) is 16.2 Å². The van der Waals surface area contributed by atoms with Crippen LogP contribution in [0, 0.1) is 6.92 Å². The maximum absolute atomic E-state index is 13.8. The predicted molar refractivity (Wildman–Crippen MR) is 138 cm³/mol. The molecule has 3 atom stereocenters. The largest absolute Gasteiger partial charge is 0.347 e. The molecular weight excluding hydrogens is 514 g/mol. The number of amides is 2. The van der Waals surface area contributed by atoms with Gasteiger partial charge in [-0.05, 0) is 37.5 Å². The minimum Gasteiger partial charge on any atom is -0.347 e. The maximum Gasteiger partial charge on any atom is 0.269 e. The van der Waals surface area contributed by atoms with E-state index in [9.17, 15) is 18.4 Å². The molecule has 1 saturated heterocycles. The Balaban J connectivity index is 1.39. The lowest BCUT2D eigenvalue weighted by Crippen LogP contribution is -2.55. The smallest absolute Gasteiger partial charge is 0.269 e. The molecule has 8 nitrogen and oxygen atoms in total. The summed E-state index contributed by atoms with van der Waals surface area (Å²) < 4.78 is 27.2. The van der Waals surface area contributed by atoms with Crippen molar-refractivity contribution in [1.82, 2.24) is 30.0 Å². The number of carbonyl (C=O) groups is 2. The summed E-state index contributed by atoms with van der Waals surface area (Å²) >= 11 is 6.96. The molecule has 2 aliphatic rings. The molecule has 0 saturated carbocycles. The molecule has 198 valence electrons. The number of benzene rings is 1. The van der Waals surface area contributed by atoms with Crippen molar-refractivity contribution in [2.24, 2.45) is 0 Å². The number of aromatic nitrogens is 4. The van der Waals surface area contributed by atoms with Gasteiger partial charge in [0.05, 0.1) is 17.1 Å². The Labute approximate surface area is 223 Å². The number of hydrogen-bond acceptors (Lipinski definition) is 5. The summed E-state index contributed by atoms with van der Waals surface area (Å²) in [6.45, 7) is 1.66. The Morgan fingerprint density at radius 3 is 2.74 bits per heavy atom. The minimum absolute atomic E-state index is 0.0806.